The second-order valence-corrected chi connectivity index (χ2v) is 6.71. The third kappa shape index (κ3) is 2.72. The molecule has 3 heterocycles. The molecule has 0 amide bonds. The minimum atomic E-state index is 0.322. The SMILES string of the molecule is CC1COCCN1c1nc(-c2ccc(N)cc2)nc2c1CN(C)C2. The zero-order valence-electron chi connectivity index (χ0n) is 14.2. The summed E-state index contributed by atoms with van der Waals surface area (Å²) in [4.78, 5) is 14.4. The lowest BCUT2D eigenvalue weighted by Crippen LogP contribution is -2.44. The molecule has 1 aromatic heterocycles. The quantitative estimate of drug-likeness (QED) is 0.851. The maximum Gasteiger partial charge on any atom is 0.161 e. The first kappa shape index (κ1) is 15.4. The van der Waals surface area contributed by atoms with Crippen molar-refractivity contribution in [2.45, 2.75) is 26.1 Å². The van der Waals surface area contributed by atoms with E-state index in [1.165, 1.54) is 5.56 Å². The smallest absolute Gasteiger partial charge is 0.161 e. The highest BCUT2D eigenvalue weighted by molar-refractivity contribution is 5.63. The molecule has 2 N–H and O–H groups in total. The molecule has 24 heavy (non-hydrogen) atoms. The third-order valence-corrected chi connectivity index (χ3v) is 4.73. The van der Waals surface area contributed by atoms with Gasteiger partial charge in [-0.2, -0.15) is 0 Å². The number of nitrogen functional groups attached to an aromatic ring is 1. The molecular weight excluding hydrogens is 302 g/mol. The lowest BCUT2D eigenvalue weighted by molar-refractivity contribution is 0.0984. The average molecular weight is 325 g/mol. The number of hydrogen-bond acceptors (Lipinski definition) is 6. The minimum absolute atomic E-state index is 0.322. The largest absolute Gasteiger partial charge is 0.399 e. The first-order valence-electron chi connectivity index (χ1n) is 8.40. The van der Waals surface area contributed by atoms with Gasteiger partial charge in [-0.15, -0.1) is 0 Å². The Balaban J connectivity index is 1.81. The summed E-state index contributed by atoms with van der Waals surface area (Å²) >= 11 is 0. The standard InChI is InChI=1S/C18H23N5O/c1-12-11-24-8-7-23(12)18-15-9-22(2)10-16(15)20-17(21-18)13-3-5-14(19)6-4-13/h3-6,12H,7-11,19H2,1-2H3. The number of ether oxygens (including phenoxy) is 1. The van der Waals surface area contributed by atoms with Crippen molar-refractivity contribution in [1.29, 1.82) is 0 Å². The number of fused-ring (bicyclic) bond motifs is 1. The number of nitrogens with two attached hydrogens (primary N) is 1. The Hall–Kier alpha value is -2.18. The van der Waals surface area contributed by atoms with Crippen LogP contribution in [0.5, 0.6) is 0 Å². The van der Waals surface area contributed by atoms with Crippen LogP contribution in [0.15, 0.2) is 24.3 Å². The number of rotatable bonds is 2. The predicted octanol–water partition coefficient (Wildman–Crippen LogP) is 1.90. The summed E-state index contributed by atoms with van der Waals surface area (Å²) in [6.07, 6.45) is 0. The molecule has 2 aromatic rings. The fourth-order valence-electron chi connectivity index (χ4n) is 3.43. The van der Waals surface area contributed by atoms with E-state index in [2.05, 4.69) is 23.8 Å². The predicted molar refractivity (Wildman–Crippen MR) is 94.7 cm³/mol. The zero-order chi connectivity index (χ0) is 16.7. The van der Waals surface area contributed by atoms with Crippen LogP contribution in [0, 0.1) is 0 Å². The molecule has 6 nitrogen and oxygen atoms in total. The highest BCUT2D eigenvalue weighted by Crippen LogP contribution is 2.32. The number of morpholine rings is 1. The lowest BCUT2D eigenvalue weighted by atomic mass is 10.1. The van der Waals surface area contributed by atoms with Crippen LogP contribution in [-0.2, 0) is 17.8 Å². The molecule has 126 valence electrons. The highest BCUT2D eigenvalue weighted by atomic mass is 16.5. The van der Waals surface area contributed by atoms with E-state index in [9.17, 15) is 0 Å². The van der Waals surface area contributed by atoms with Gasteiger partial charge in [0.2, 0.25) is 0 Å². The van der Waals surface area contributed by atoms with Gasteiger partial charge in [0.15, 0.2) is 5.82 Å². The van der Waals surface area contributed by atoms with Crippen molar-refractivity contribution in [2.24, 2.45) is 0 Å². The van der Waals surface area contributed by atoms with Crippen LogP contribution in [0.3, 0.4) is 0 Å². The molecule has 6 heteroatoms. The van der Waals surface area contributed by atoms with Gasteiger partial charge in [-0.05, 0) is 38.2 Å². The summed E-state index contributed by atoms with van der Waals surface area (Å²) in [6.45, 7) is 6.31. The number of benzene rings is 1. The van der Waals surface area contributed by atoms with Crippen LogP contribution in [-0.4, -0.2) is 47.7 Å². The van der Waals surface area contributed by atoms with Gasteiger partial charge in [0, 0.05) is 36.4 Å². The van der Waals surface area contributed by atoms with E-state index in [1.807, 2.05) is 24.3 Å². The molecule has 2 aliphatic rings. The summed E-state index contributed by atoms with van der Waals surface area (Å²) in [7, 11) is 2.12. The van der Waals surface area contributed by atoms with Crippen LogP contribution in [0.2, 0.25) is 0 Å². The molecule has 0 spiro atoms. The van der Waals surface area contributed by atoms with Crippen LogP contribution in [0.4, 0.5) is 11.5 Å². The Labute approximate surface area is 142 Å². The Morgan fingerprint density at radius 2 is 1.96 bits per heavy atom. The van der Waals surface area contributed by atoms with E-state index in [4.69, 9.17) is 20.4 Å². The Kier molecular flexibility index (Phi) is 3.86. The van der Waals surface area contributed by atoms with Crippen molar-refractivity contribution < 1.29 is 4.74 Å². The van der Waals surface area contributed by atoms with Gasteiger partial charge >= 0.3 is 0 Å². The molecular formula is C18H23N5O. The number of aromatic nitrogens is 2. The Morgan fingerprint density at radius 3 is 2.71 bits per heavy atom. The van der Waals surface area contributed by atoms with E-state index in [0.29, 0.717) is 6.04 Å². The molecule has 4 rings (SSSR count). The van der Waals surface area contributed by atoms with Gasteiger partial charge < -0.3 is 15.4 Å². The summed E-state index contributed by atoms with van der Waals surface area (Å²) in [5, 5.41) is 0. The van der Waals surface area contributed by atoms with Gasteiger partial charge in [-0.3, -0.25) is 4.90 Å². The van der Waals surface area contributed by atoms with Gasteiger partial charge in [0.25, 0.3) is 0 Å². The van der Waals surface area contributed by atoms with Crippen molar-refractivity contribution in [2.75, 3.05) is 37.4 Å². The molecule has 0 radical (unpaired) electrons. The average Bonchev–Trinajstić information content (AvgIpc) is 2.95. The Morgan fingerprint density at radius 1 is 1.17 bits per heavy atom. The van der Waals surface area contributed by atoms with E-state index in [1.54, 1.807) is 0 Å². The van der Waals surface area contributed by atoms with E-state index in [0.717, 1.165) is 61.4 Å². The molecule has 0 saturated carbocycles. The molecule has 0 bridgehead atoms. The lowest BCUT2D eigenvalue weighted by Gasteiger charge is -2.35. The molecule has 1 unspecified atom stereocenters. The topological polar surface area (TPSA) is 67.5 Å². The summed E-state index contributed by atoms with van der Waals surface area (Å²) in [5.74, 6) is 1.84. The number of hydrogen-bond donors (Lipinski definition) is 1. The van der Waals surface area contributed by atoms with Crippen molar-refractivity contribution in [3.8, 4) is 11.4 Å². The number of anilines is 2. The first-order valence-corrected chi connectivity index (χ1v) is 8.40. The molecule has 2 aliphatic heterocycles. The van der Waals surface area contributed by atoms with Gasteiger partial charge in [0.1, 0.15) is 5.82 Å². The van der Waals surface area contributed by atoms with E-state index in [-0.39, 0.29) is 0 Å². The number of nitrogens with zero attached hydrogens (tertiary/aromatic N) is 4. The van der Waals surface area contributed by atoms with Crippen LogP contribution < -0.4 is 10.6 Å². The fourth-order valence-corrected chi connectivity index (χ4v) is 3.43. The van der Waals surface area contributed by atoms with E-state index < -0.39 is 0 Å². The van der Waals surface area contributed by atoms with Crippen molar-refractivity contribution in [1.82, 2.24) is 14.9 Å². The van der Waals surface area contributed by atoms with Crippen molar-refractivity contribution in [3.63, 3.8) is 0 Å². The van der Waals surface area contributed by atoms with Crippen LogP contribution in [0.25, 0.3) is 11.4 Å². The Bertz CT molecular complexity index is 746. The van der Waals surface area contributed by atoms with Gasteiger partial charge in [-0.25, -0.2) is 9.97 Å². The normalized spacial score (nSPS) is 21.1. The van der Waals surface area contributed by atoms with E-state index >= 15 is 0 Å². The first-order chi connectivity index (χ1) is 11.6. The van der Waals surface area contributed by atoms with Crippen molar-refractivity contribution in [3.05, 3.63) is 35.5 Å². The maximum atomic E-state index is 5.81. The van der Waals surface area contributed by atoms with Gasteiger partial charge in [0.05, 0.1) is 24.9 Å². The fraction of sp³-hybridized carbons (Fsp3) is 0.444. The highest BCUT2D eigenvalue weighted by Gasteiger charge is 2.29. The second-order valence-electron chi connectivity index (χ2n) is 6.71. The van der Waals surface area contributed by atoms with Gasteiger partial charge in [-0.1, -0.05) is 0 Å². The third-order valence-electron chi connectivity index (χ3n) is 4.73. The van der Waals surface area contributed by atoms with Crippen LogP contribution >= 0.6 is 0 Å². The molecule has 1 aromatic carbocycles. The second kappa shape index (κ2) is 6.03. The van der Waals surface area contributed by atoms with Crippen LogP contribution in [0.1, 0.15) is 18.2 Å². The molecule has 1 saturated heterocycles. The minimum Gasteiger partial charge on any atom is -0.399 e. The zero-order valence-corrected chi connectivity index (χ0v) is 14.2. The summed E-state index contributed by atoms with van der Waals surface area (Å²) in [6, 6.07) is 8.09. The molecule has 0 aliphatic carbocycles. The summed E-state index contributed by atoms with van der Waals surface area (Å²) < 4.78 is 5.59. The maximum absolute atomic E-state index is 5.81. The summed E-state index contributed by atoms with van der Waals surface area (Å²) in [5.41, 5.74) is 9.95. The monoisotopic (exact) mass is 325 g/mol. The molecule has 1 atom stereocenters. The van der Waals surface area contributed by atoms with Crippen molar-refractivity contribution >= 4 is 11.5 Å². The molecule has 1 fully saturated rings.